The highest BCUT2D eigenvalue weighted by Crippen LogP contribution is 2.39. The highest BCUT2D eigenvalue weighted by molar-refractivity contribution is 7.19. The molecule has 1 heterocycles. The molecule has 0 radical (unpaired) electrons. The van der Waals surface area contributed by atoms with E-state index in [1.165, 1.54) is 0 Å². The first-order valence-corrected chi connectivity index (χ1v) is 8.93. The van der Waals surface area contributed by atoms with Gasteiger partial charge in [0.25, 0.3) is 5.91 Å². The second kappa shape index (κ2) is 7.19. The predicted octanol–water partition coefficient (Wildman–Crippen LogP) is 4.37. The van der Waals surface area contributed by atoms with Gasteiger partial charge in [-0.25, -0.2) is 0 Å². The number of halogens is 1. The van der Waals surface area contributed by atoms with E-state index < -0.39 is 5.91 Å². The number of carbonyl (C=O) groups is 2. The van der Waals surface area contributed by atoms with Crippen molar-refractivity contribution in [3.8, 4) is 0 Å². The number of primary amides is 1. The first-order valence-electron chi connectivity index (χ1n) is 7.73. The van der Waals surface area contributed by atoms with Crippen LogP contribution in [0.3, 0.4) is 0 Å². The van der Waals surface area contributed by atoms with Crippen molar-refractivity contribution in [2.45, 2.75) is 6.92 Å². The van der Waals surface area contributed by atoms with Crippen LogP contribution in [0.4, 0.5) is 16.4 Å². The molecule has 0 spiro atoms. The van der Waals surface area contributed by atoms with Crippen molar-refractivity contribution in [3.05, 3.63) is 75.1 Å². The highest BCUT2D eigenvalue weighted by Gasteiger charge is 2.25. The second-order valence-electron chi connectivity index (χ2n) is 5.70. The van der Waals surface area contributed by atoms with Crippen LogP contribution < -0.4 is 16.8 Å². The fourth-order valence-electron chi connectivity index (χ4n) is 2.47. The Morgan fingerprint density at radius 1 is 1.12 bits per heavy atom. The Bertz CT molecular complexity index is 1000. The molecule has 3 aromatic rings. The van der Waals surface area contributed by atoms with Gasteiger partial charge in [0.15, 0.2) is 0 Å². The third-order valence-electron chi connectivity index (χ3n) is 3.86. The lowest BCUT2D eigenvalue weighted by Crippen LogP contribution is -2.14. The van der Waals surface area contributed by atoms with Crippen molar-refractivity contribution in [2.75, 3.05) is 11.1 Å². The molecule has 132 valence electrons. The van der Waals surface area contributed by atoms with Crippen LogP contribution in [0.5, 0.6) is 0 Å². The number of hydrogen-bond donors (Lipinski definition) is 3. The van der Waals surface area contributed by atoms with Crippen molar-refractivity contribution >= 4 is 51.0 Å². The summed E-state index contributed by atoms with van der Waals surface area (Å²) in [5.41, 5.74) is 13.8. The van der Waals surface area contributed by atoms with Crippen LogP contribution in [-0.2, 0) is 0 Å². The fourth-order valence-corrected chi connectivity index (χ4v) is 3.76. The molecule has 0 atom stereocenters. The standard InChI is InChI=1S/C19H16ClN3O2S/c1-10-7-8-12(9-13(10)20)23-19-14(18(22)25)15(21)17(26-19)16(24)11-5-3-2-4-6-11/h2-9,23H,21H2,1H3,(H2,22,25). The van der Waals surface area contributed by atoms with E-state index in [-0.39, 0.29) is 21.9 Å². The van der Waals surface area contributed by atoms with Gasteiger partial charge in [0, 0.05) is 16.3 Å². The van der Waals surface area contributed by atoms with E-state index in [9.17, 15) is 9.59 Å². The van der Waals surface area contributed by atoms with Gasteiger partial charge in [0.2, 0.25) is 5.78 Å². The summed E-state index contributed by atoms with van der Waals surface area (Å²) in [6, 6.07) is 14.1. The van der Waals surface area contributed by atoms with E-state index in [1.54, 1.807) is 30.3 Å². The van der Waals surface area contributed by atoms with Gasteiger partial charge in [0.05, 0.1) is 11.3 Å². The molecule has 1 aromatic heterocycles. The zero-order valence-electron chi connectivity index (χ0n) is 13.9. The molecule has 3 rings (SSSR count). The lowest BCUT2D eigenvalue weighted by atomic mass is 10.1. The van der Waals surface area contributed by atoms with Crippen LogP contribution in [0.15, 0.2) is 48.5 Å². The van der Waals surface area contributed by atoms with Crippen molar-refractivity contribution in [3.63, 3.8) is 0 Å². The normalized spacial score (nSPS) is 10.5. The van der Waals surface area contributed by atoms with Gasteiger partial charge in [-0.15, -0.1) is 11.3 Å². The molecule has 0 saturated carbocycles. The first kappa shape index (κ1) is 18.0. The van der Waals surface area contributed by atoms with Gasteiger partial charge >= 0.3 is 0 Å². The smallest absolute Gasteiger partial charge is 0.253 e. The largest absolute Gasteiger partial charge is 0.397 e. The average molecular weight is 386 g/mol. The summed E-state index contributed by atoms with van der Waals surface area (Å²) in [7, 11) is 0. The summed E-state index contributed by atoms with van der Waals surface area (Å²) in [4.78, 5) is 24.9. The van der Waals surface area contributed by atoms with Crippen LogP contribution in [0.1, 0.15) is 31.2 Å². The molecular weight excluding hydrogens is 370 g/mol. The molecule has 7 heteroatoms. The minimum Gasteiger partial charge on any atom is -0.397 e. The van der Waals surface area contributed by atoms with Gasteiger partial charge in [-0.05, 0) is 24.6 Å². The SMILES string of the molecule is Cc1ccc(Nc2sc(C(=O)c3ccccc3)c(N)c2C(N)=O)cc1Cl. The lowest BCUT2D eigenvalue weighted by Gasteiger charge is -2.07. The Morgan fingerprint density at radius 2 is 1.81 bits per heavy atom. The zero-order chi connectivity index (χ0) is 18.8. The molecule has 2 aromatic carbocycles. The number of thiophene rings is 1. The number of rotatable bonds is 5. The average Bonchev–Trinajstić information content (AvgIpc) is 2.94. The van der Waals surface area contributed by atoms with Gasteiger partial charge in [-0.3, -0.25) is 9.59 Å². The summed E-state index contributed by atoms with van der Waals surface area (Å²) in [5, 5.41) is 4.09. The molecule has 26 heavy (non-hydrogen) atoms. The number of nitrogens with one attached hydrogen (secondary N) is 1. The quantitative estimate of drug-likeness (QED) is 0.568. The topological polar surface area (TPSA) is 98.2 Å². The van der Waals surface area contributed by atoms with Crippen molar-refractivity contribution in [2.24, 2.45) is 5.73 Å². The van der Waals surface area contributed by atoms with Crippen molar-refractivity contribution in [1.29, 1.82) is 0 Å². The van der Waals surface area contributed by atoms with E-state index in [2.05, 4.69) is 5.32 Å². The zero-order valence-corrected chi connectivity index (χ0v) is 15.4. The van der Waals surface area contributed by atoms with E-state index in [4.69, 9.17) is 23.1 Å². The Morgan fingerprint density at radius 3 is 2.42 bits per heavy atom. The Hall–Kier alpha value is -2.83. The number of benzene rings is 2. The van der Waals surface area contributed by atoms with Crippen LogP contribution in [0.25, 0.3) is 0 Å². The van der Waals surface area contributed by atoms with E-state index in [1.807, 2.05) is 25.1 Å². The van der Waals surface area contributed by atoms with E-state index in [0.717, 1.165) is 16.9 Å². The lowest BCUT2D eigenvalue weighted by molar-refractivity contribution is 0.100. The maximum Gasteiger partial charge on any atom is 0.253 e. The summed E-state index contributed by atoms with van der Waals surface area (Å²) in [6.07, 6.45) is 0. The molecule has 5 N–H and O–H groups in total. The van der Waals surface area contributed by atoms with Gasteiger partial charge in [-0.2, -0.15) is 0 Å². The molecule has 0 aliphatic carbocycles. The van der Waals surface area contributed by atoms with Crippen LogP contribution in [0, 0.1) is 6.92 Å². The third-order valence-corrected chi connectivity index (χ3v) is 5.39. The monoisotopic (exact) mass is 385 g/mol. The predicted molar refractivity (Wildman–Crippen MR) is 107 cm³/mol. The number of nitrogens with two attached hydrogens (primary N) is 2. The number of aryl methyl sites for hydroxylation is 1. The molecular formula is C19H16ClN3O2S. The second-order valence-corrected chi connectivity index (χ2v) is 7.13. The maximum absolute atomic E-state index is 12.7. The Balaban J connectivity index is 2.04. The molecule has 5 nitrogen and oxygen atoms in total. The highest BCUT2D eigenvalue weighted by atomic mass is 35.5. The number of hydrogen-bond acceptors (Lipinski definition) is 5. The molecule has 0 unspecified atom stereocenters. The number of amides is 1. The molecule has 0 bridgehead atoms. The van der Waals surface area contributed by atoms with Gasteiger partial charge < -0.3 is 16.8 Å². The van der Waals surface area contributed by atoms with Gasteiger partial charge in [-0.1, -0.05) is 48.0 Å². The minimum atomic E-state index is -0.702. The van der Waals surface area contributed by atoms with E-state index in [0.29, 0.717) is 21.3 Å². The Labute approximate surface area is 159 Å². The summed E-state index contributed by atoms with van der Waals surface area (Å²) in [5.74, 6) is -0.961. The summed E-state index contributed by atoms with van der Waals surface area (Å²) in [6.45, 7) is 1.89. The first-order chi connectivity index (χ1) is 12.4. The number of carbonyl (C=O) groups excluding carboxylic acids is 2. The molecule has 0 saturated heterocycles. The number of ketones is 1. The molecule has 0 aliphatic heterocycles. The third kappa shape index (κ3) is 3.42. The maximum atomic E-state index is 12.7. The van der Waals surface area contributed by atoms with Crippen molar-refractivity contribution < 1.29 is 9.59 Å². The van der Waals surface area contributed by atoms with Crippen LogP contribution in [-0.4, -0.2) is 11.7 Å². The van der Waals surface area contributed by atoms with E-state index >= 15 is 0 Å². The Kier molecular flexibility index (Phi) is 4.97. The molecule has 0 aliphatic rings. The number of anilines is 3. The minimum absolute atomic E-state index is 0.0806. The number of nitrogen functional groups attached to an aromatic ring is 1. The fraction of sp³-hybridized carbons (Fsp3) is 0.0526. The molecule has 1 amide bonds. The van der Waals surface area contributed by atoms with Crippen molar-refractivity contribution in [1.82, 2.24) is 0 Å². The summed E-state index contributed by atoms with van der Waals surface area (Å²) < 4.78 is 0. The summed E-state index contributed by atoms with van der Waals surface area (Å²) >= 11 is 7.24. The molecule has 0 fully saturated rings. The van der Waals surface area contributed by atoms with Gasteiger partial charge in [0.1, 0.15) is 9.88 Å². The van der Waals surface area contributed by atoms with Crippen LogP contribution >= 0.6 is 22.9 Å². The van der Waals surface area contributed by atoms with Crippen LogP contribution in [0.2, 0.25) is 5.02 Å².